The number of aromatic nitrogens is 5. The van der Waals surface area contributed by atoms with E-state index in [9.17, 15) is 4.79 Å². The molecule has 0 spiro atoms. The molecule has 0 bridgehead atoms. The Kier molecular flexibility index (Phi) is 4.18. The molecule has 3 aromatic heterocycles. The first kappa shape index (κ1) is 16.7. The summed E-state index contributed by atoms with van der Waals surface area (Å²) in [6.07, 6.45) is 3.39. The molecule has 130 valence electrons. The number of aryl methyl sites for hydroxylation is 1. The second kappa shape index (κ2) is 6.03. The summed E-state index contributed by atoms with van der Waals surface area (Å²) in [4.78, 5) is 21.6. The molecule has 0 amide bonds. The molecule has 0 unspecified atom stereocenters. The van der Waals surface area contributed by atoms with Crippen LogP contribution in [0.5, 0.6) is 0 Å². The Hall–Kier alpha value is -2.19. The van der Waals surface area contributed by atoms with Gasteiger partial charge in [0.15, 0.2) is 11.2 Å². The van der Waals surface area contributed by atoms with Gasteiger partial charge in [-0.15, -0.1) is 0 Å². The molecule has 3 aromatic rings. The molecule has 0 radical (unpaired) electrons. The highest BCUT2D eigenvalue weighted by Gasteiger charge is 2.23. The minimum atomic E-state index is -0.186. The van der Waals surface area contributed by atoms with Gasteiger partial charge in [-0.2, -0.15) is 4.98 Å². The summed E-state index contributed by atoms with van der Waals surface area (Å²) in [6, 6.07) is 0. The molecule has 0 fully saturated rings. The monoisotopic (exact) mass is 333 g/mol. The predicted molar refractivity (Wildman–Crippen MR) is 90.2 cm³/mol. The number of hydrogen-bond donors (Lipinski definition) is 1. The van der Waals surface area contributed by atoms with Gasteiger partial charge in [-0.1, -0.05) is 20.8 Å². The van der Waals surface area contributed by atoms with E-state index in [0.717, 1.165) is 12.2 Å². The summed E-state index contributed by atoms with van der Waals surface area (Å²) in [5.41, 5.74) is 1.56. The molecule has 1 N–H and O–H groups in total. The molecule has 3 heterocycles. The van der Waals surface area contributed by atoms with Gasteiger partial charge in [0, 0.05) is 23.9 Å². The largest absolute Gasteiger partial charge is 0.394 e. The second-order valence-electron chi connectivity index (χ2n) is 6.74. The highest BCUT2D eigenvalue weighted by molar-refractivity contribution is 5.71. The zero-order valence-corrected chi connectivity index (χ0v) is 14.5. The Morgan fingerprint density at radius 1 is 1.33 bits per heavy atom. The van der Waals surface area contributed by atoms with Crippen molar-refractivity contribution in [3.05, 3.63) is 28.6 Å². The van der Waals surface area contributed by atoms with E-state index >= 15 is 0 Å². The molecule has 0 aliphatic heterocycles. The molecular formula is C16H23N5O3. The van der Waals surface area contributed by atoms with Gasteiger partial charge in [-0.25, -0.2) is 9.38 Å². The van der Waals surface area contributed by atoms with E-state index in [4.69, 9.17) is 9.84 Å². The third-order valence-corrected chi connectivity index (χ3v) is 3.99. The van der Waals surface area contributed by atoms with Crippen molar-refractivity contribution in [2.75, 3.05) is 13.2 Å². The van der Waals surface area contributed by atoms with Crippen molar-refractivity contribution in [1.29, 1.82) is 0 Å². The zero-order valence-electron chi connectivity index (χ0n) is 14.5. The zero-order chi connectivity index (χ0) is 17.5. The Morgan fingerprint density at radius 3 is 2.71 bits per heavy atom. The fraction of sp³-hybridized carbons (Fsp3) is 0.562. The summed E-state index contributed by atoms with van der Waals surface area (Å²) in [7, 11) is 0. The highest BCUT2D eigenvalue weighted by atomic mass is 16.5. The fourth-order valence-corrected chi connectivity index (χ4v) is 2.84. The molecule has 8 nitrogen and oxygen atoms in total. The van der Waals surface area contributed by atoms with Crippen LogP contribution in [0.4, 0.5) is 0 Å². The average Bonchev–Trinajstić information content (AvgIpc) is 3.09. The van der Waals surface area contributed by atoms with Crippen molar-refractivity contribution in [2.45, 2.75) is 46.4 Å². The molecule has 0 saturated carbocycles. The first-order valence-corrected chi connectivity index (χ1v) is 8.04. The van der Waals surface area contributed by atoms with Gasteiger partial charge in [0.2, 0.25) is 5.78 Å². The normalized spacial score (nSPS) is 12.5. The Balaban J connectivity index is 2.24. The van der Waals surface area contributed by atoms with Crippen LogP contribution >= 0.6 is 0 Å². The van der Waals surface area contributed by atoms with Crippen molar-refractivity contribution in [2.24, 2.45) is 0 Å². The lowest BCUT2D eigenvalue weighted by Gasteiger charge is -2.19. The van der Waals surface area contributed by atoms with E-state index in [1.165, 1.54) is 6.33 Å². The van der Waals surface area contributed by atoms with Crippen LogP contribution < -0.4 is 5.56 Å². The molecule has 24 heavy (non-hydrogen) atoms. The Labute approximate surface area is 139 Å². The molecule has 8 heteroatoms. The lowest BCUT2D eigenvalue weighted by atomic mass is 9.92. The third-order valence-electron chi connectivity index (χ3n) is 3.99. The molecule has 0 aliphatic rings. The van der Waals surface area contributed by atoms with Crippen LogP contribution in [0.25, 0.3) is 16.9 Å². The fourth-order valence-electron chi connectivity index (χ4n) is 2.84. The standard InChI is InChI=1S/C16H23N5O3/c1-5-20-11(16(2,3)4)8-21-14(23)12-13(18-15(20)21)19(9-17-12)10-24-7-6-22/h8-9,22H,5-7,10H2,1-4H3. The van der Waals surface area contributed by atoms with Crippen LogP contribution in [-0.4, -0.2) is 41.8 Å². The van der Waals surface area contributed by atoms with Gasteiger partial charge < -0.3 is 14.4 Å². The summed E-state index contributed by atoms with van der Waals surface area (Å²) in [5, 5.41) is 8.82. The van der Waals surface area contributed by atoms with Crippen molar-refractivity contribution in [3.8, 4) is 0 Å². The van der Waals surface area contributed by atoms with Gasteiger partial charge in [0.25, 0.3) is 5.56 Å². The van der Waals surface area contributed by atoms with Gasteiger partial charge in [-0.3, -0.25) is 9.36 Å². The maximum Gasteiger partial charge on any atom is 0.287 e. The van der Waals surface area contributed by atoms with Crippen LogP contribution in [-0.2, 0) is 23.4 Å². The number of imidazole rings is 2. The first-order valence-electron chi connectivity index (χ1n) is 8.04. The lowest BCUT2D eigenvalue weighted by molar-refractivity contribution is 0.0499. The third kappa shape index (κ3) is 2.61. The quantitative estimate of drug-likeness (QED) is 0.707. The van der Waals surface area contributed by atoms with Crippen LogP contribution in [0.1, 0.15) is 33.4 Å². The van der Waals surface area contributed by atoms with Gasteiger partial charge >= 0.3 is 0 Å². The topological polar surface area (TPSA) is 86.6 Å². The molecule has 0 aromatic carbocycles. The number of aliphatic hydroxyl groups excluding tert-OH is 1. The van der Waals surface area contributed by atoms with E-state index in [0.29, 0.717) is 16.9 Å². The predicted octanol–water partition coefficient (Wildman–Crippen LogP) is 1.13. The van der Waals surface area contributed by atoms with E-state index in [1.54, 1.807) is 8.97 Å². The number of nitrogens with zero attached hydrogens (tertiary/aromatic N) is 5. The van der Waals surface area contributed by atoms with E-state index in [2.05, 4.69) is 30.7 Å². The van der Waals surface area contributed by atoms with Crippen LogP contribution in [0, 0.1) is 0 Å². The second-order valence-corrected chi connectivity index (χ2v) is 6.74. The molecule has 0 atom stereocenters. The first-order chi connectivity index (χ1) is 11.4. The van der Waals surface area contributed by atoms with E-state index in [1.807, 2.05) is 17.7 Å². The summed E-state index contributed by atoms with van der Waals surface area (Å²) in [6.45, 7) is 9.45. The molecular weight excluding hydrogens is 310 g/mol. The minimum absolute atomic E-state index is 0.0550. The molecule has 0 aliphatic carbocycles. The van der Waals surface area contributed by atoms with Crippen molar-refractivity contribution in [1.82, 2.24) is 23.5 Å². The Bertz CT molecular complexity index is 929. The number of aliphatic hydroxyl groups is 1. The number of fused-ring (bicyclic) bond motifs is 2. The minimum Gasteiger partial charge on any atom is -0.394 e. The Morgan fingerprint density at radius 2 is 2.08 bits per heavy atom. The smallest absolute Gasteiger partial charge is 0.287 e. The van der Waals surface area contributed by atoms with E-state index < -0.39 is 0 Å². The van der Waals surface area contributed by atoms with Crippen LogP contribution in [0.15, 0.2) is 17.3 Å². The summed E-state index contributed by atoms with van der Waals surface area (Å²) in [5.74, 6) is 0.601. The van der Waals surface area contributed by atoms with Crippen LogP contribution in [0.3, 0.4) is 0 Å². The van der Waals surface area contributed by atoms with Gasteiger partial charge in [-0.05, 0) is 6.92 Å². The summed E-state index contributed by atoms with van der Waals surface area (Å²) < 4.78 is 10.6. The van der Waals surface area contributed by atoms with Gasteiger partial charge in [0.1, 0.15) is 6.73 Å². The average molecular weight is 333 g/mol. The SMILES string of the molecule is CCn1c(C(C)(C)C)cn2c(=O)c3ncn(COCCO)c3nc12. The number of ether oxygens (including phenoxy) is 1. The van der Waals surface area contributed by atoms with Crippen LogP contribution in [0.2, 0.25) is 0 Å². The number of hydrogen-bond acceptors (Lipinski definition) is 5. The van der Waals surface area contributed by atoms with Crippen molar-refractivity contribution < 1.29 is 9.84 Å². The molecule has 0 saturated heterocycles. The summed E-state index contributed by atoms with van der Waals surface area (Å²) >= 11 is 0. The number of rotatable bonds is 5. The van der Waals surface area contributed by atoms with Crippen molar-refractivity contribution in [3.63, 3.8) is 0 Å². The van der Waals surface area contributed by atoms with Crippen molar-refractivity contribution >= 4 is 16.9 Å². The maximum absolute atomic E-state index is 12.8. The van der Waals surface area contributed by atoms with Gasteiger partial charge in [0.05, 0.1) is 19.5 Å². The highest BCUT2D eigenvalue weighted by Crippen LogP contribution is 2.24. The lowest BCUT2D eigenvalue weighted by Crippen LogP contribution is -2.17. The maximum atomic E-state index is 12.8. The molecule has 3 rings (SSSR count). The van der Waals surface area contributed by atoms with E-state index in [-0.39, 0.29) is 30.9 Å².